The average molecular weight is 516 g/mol. The second-order valence-corrected chi connectivity index (χ2v) is 9.93. The molecule has 2 aromatic rings. The van der Waals surface area contributed by atoms with Gasteiger partial charge in [-0.25, -0.2) is 5.01 Å². The zero-order chi connectivity index (χ0) is 25.0. The Hall–Kier alpha value is -3.30. The van der Waals surface area contributed by atoms with E-state index in [2.05, 4.69) is 0 Å². The van der Waals surface area contributed by atoms with Crippen molar-refractivity contribution in [2.75, 3.05) is 6.54 Å². The maximum absolute atomic E-state index is 13.6. The van der Waals surface area contributed by atoms with Gasteiger partial charge >= 0.3 is 0 Å². The smallest absolute Gasteiger partial charge is 0.274 e. The first-order valence-corrected chi connectivity index (χ1v) is 11.8. The predicted molar refractivity (Wildman–Crippen MR) is 125 cm³/mol. The standard InChI is InChI=1S/C24H19Cl2N3O6/c25-15-5-8-17(18(26)10-15)22(31)27(11-19(30)12-3-6-16(7-4-12)29(34)35)28-23(32)20-13-1-2-14(9-13)21(20)24(28)33/h3-8,10,13-14,20-21H,1-2,9,11H2/t13-,14-,20-,21+/m0/s1. The van der Waals surface area contributed by atoms with Crippen molar-refractivity contribution in [3.63, 3.8) is 0 Å². The van der Waals surface area contributed by atoms with Gasteiger partial charge in [-0.2, -0.15) is 5.01 Å². The topological polar surface area (TPSA) is 118 Å². The fourth-order valence-electron chi connectivity index (χ4n) is 5.66. The molecule has 2 saturated carbocycles. The number of rotatable bonds is 6. The predicted octanol–water partition coefficient (Wildman–Crippen LogP) is 4.17. The Kier molecular flexibility index (Phi) is 5.85. The van der Waals surface area contributed by atoms with Crippen molar-refractivity contribution in [1.29, 1.82) is 0 Å². The van der Waals surface area contributed by atoms with E-state index < -0.39 is 46.8 Å². The first kappa shape index (κ1) is 23.4. The molecule has 0 unspecified atom stereocenters. The summed E-state index contributed by atoms with van der Waals surface area (Å²) in [4.78, 5) is 63.8. The van der Waals surface area contributed by atoms with Crippen molar-refractivity contribution in [2.45, 2.75) is 19.3 Å². The number of nitrogens with zero attached hydrogens (tertiary/aromatic N) is 3. The monoisotopic (exact) mass is 515 g/mol. The Morgan fingerprint density at radius 1 is 1.00 bits per heavy atom. The fraction of sp³-hybridized carbons (Fsp3) is 0.333. The van der Waals surface area contributed by atoms with Crippen LogP contribution >= 0.6 is 23.2 Å². The van der Waals surface area contributed by atoms with Gasteiger partial charge in [0, 0.05) is 22.7 Å². The highest BCUT2D eigenvalue weighted by atomic mass is 35.5. The zero-order valence-corrected chi connectivity index (χ0v) is 19.7. The summed E-state index contributed by atoms with van der Waals surface area (Å²) < 4.78 is 0. The third-order valence-electron chi connectivity index (χ3n) is 7.24. The van der Waals surface area contributed by atoms with Gasteiger partial charge in [-0.3, -0.25) is 29.3 Å². The van der Waals surface area contributed by atoms with Gasteiger partial charge in [0.15, 0.2) is 5.78 Å². The minimum absolute atomic E-state index is 0.00893. The molecule has 0 N–H and O–H groups in total. The molecular formula is C24H19Cl2N3O6. The number of hydrazine groups is 1. The molecule has 0 radical (unpaired) electrons. The lowest BCUT2D eigenvalue weighted by Crippen LogP contribution is -2.52. The number of benzene rings is 2. The molecule has 180 valence electrons. The number of carbonyl (C=O) groups excluding carboxylic acids is 4. The van der Waals surface area contributed by atoms with Crippen LogP contribution in [0, 0.1) is 33.8 Å². The molecule has 2 aliphatic carbocycles. The molecule has 9 nitrogen and oxygen atoms in total. The minimum atomic E-state index is -0.795. The molecule has 4 atom stereocenters. The van der Waals surface area contributed by atoms with Gasteiger partial charge < -0.3 is 0 Å². The lowest BCUT2D eigenvalue weighted by atomic mass is 9.81. The molecule has 5 rings (SSSR count). The Morgan fingerprint density at radius 3 is 2.14 bits per heavy atom. The van der Waals surface area contributed by atoms with E-state index in [0.29, 0.717) is 5.02 Å². The zero-order valence-electron chi connectivity index (χ0n) is 18.2. The highest BCUT2D eigenvalue weighted by Gasteiger charge is 2.62. The molecule has 0 aromatic heterocycles. The Labute approximate surface area is 209 Å². The van der Waals surface area contributed by atoms with Crippen LogP contribution in [-0.2, 0) is 9.59 Å². The Morgan fingerprint density at radius 2 is 1.60 bits per heavy atom. The van der Waals surface area contributed by atoms with E-state index in [1.807, 2.05) is 0 Å². The van der Waals surface area contributed by atoms with E-state index in [4.69, 9.17) is 23.2 Å². The number of Topliss-reactive ketones (excluding diaryl/α,β-unsaturated/α-hetero) is 1. The van der Waals surface area contributed by atoms with Crippen LogP contribution in [0.3, 0.4) is 0 Å². The molecule has 35 heavy (non-hydrogen) atoms. The van der Waals surface area contributed by atoms with Crippen molar-refractivity contribution >= 4 is 52.4 Å². The quantitative estimate of drug-likeness (QED) is 0.246. The number of nitro benzene ring substituents is 1. The van der Waals surface area contributed by atoms with Crippen LogP contribution in [0.2, 0.25) is 10.0 Å². The number of fused-ring (bicyclic) bond motifs is 5. The second-order valence-electron chi connectivity index (χ2n) is 9.09. The highest BCUT2D eigenvalue weighted by Crippen LogP contribution is 2.56. The lowest BCUT2D eigenvalue weighted by molar-refractivity contribution is -0.384. The van der Waals surface area contributed by atoms with E-state index in [1.54, 1.807) is 0 Å². The van der Waals surface area contributed by atoms with Gasteiger partial charge in [-0.1, -0.05) is 23.2 Å². The number of nitro groups is 1. The number of hydrogen-bond donors (Lipinski definition) is 0. The SMILES string of the molecule is O=C(CN(C(=O)c1ccc(Cl)cc1Cl)N1C(=O)[C@@H]2[C@H]3CC[C@@H](C3)[C@@H]2C1=O)c1ccc([N+](=O)[O-])cc1. The Bertz CT molecular complexity index is 1250. The maximum atomic E-state index is 13.6. The summed E-state index contributed by atoms with van der Waals surface area (Å²) in [5.41, 5.74) is -0.126. The van der Waals surface area contributed by atoms with E-state index >= 15 is 0 Å². The lowest BCUT2D eigenvalue weighted by Gasteiger charge is -2.31. The minimum Gasteiger partial charge on any atom is -0.292 e. The first-order valence-electron chi connectivity index (χ1n) is 11.1. The normalized spacial score (nSPS) is 24.6. The molecule has 0 spiro atoms. The van der Waals surface area contributed by atoms with Crippen LogP contribution in [0.5, 0.6) is 0 Å². The third-order valence-corrected chi connectivity index (χ3v) is 7.78. The summed E-state index contributed by atoms with van der Waals surface area (Å²) in [5, 5.41) is 12.9. The largest absolute Gasteiger partial charge is 0.292 e. The molecular weight excluding hydrogens is 497 g/mol. The van der Waals surface area contributed by atoms with E-state index in [0.717, 1.165) is 29.3 Å². The van der Waals surface area contributed by atoms with Gasteiger partial charge in [0.1, 0.15) is 6.54 Å². The van der Waals surface area contributed by atoms with Gasteiger partial charge in [0.2, 0.25) is 0 Å². The third kappa shape index (κ3) is 3.88. The van der Waals surface area contributed by atoms with Gasteiger partial charge in [-0.15, -0.1) is 0 Å². The summed E-state index contributed by atoms with van der Waals surface area (Å²) in [5.74, 6) is -3.17. The average Bonchev–Trinajstić information content (AvgIpc) is 3.51. The van der Waals surface area contributed by atoms with E-state index in [9.17, 15) is 29.3 Å². The summed E-state index contributed by atoms with van der Waals surface area (Å²) in [7, 11) is 0. The van der Waals surface area contributed by atoms with Crippen LogP contribution in [0.4, 0.5) is 5.69 Å². The summed E-state index contributed by atoms with van der Waals surface area (Å²) in [6.45, 7) is -0.623. The molecule has 11 heteroatoms. The number of carbonyl (C=O) groups is 4. The maximum Gasteiger partial charge on any atom is 0.274 e. The van der Waals surface area contributed by atoms with Gasteiger partial charge in [0.25, 0.3) is 23.4 Å². The van der Waals surface area contributed by atoms with E-state index in [1.165, 1.54) is 42.5 Å². The molecule has 1 heterocycles. The van der Waals surface area contributed by atoms with Crippen molar-refractivity contribution < 1.29 is 24.1 Å². The van der Waals surface area contributed by atoms with Crippen LogP contribution in [0.25, 0.3) is 0 Å². The summed E-state index contributed by atoms with van der Waals surface area (Å²) in [6.07, 6.45) is 2.54. The highest BCUT2D eigenvalue weighted by molar-refractivity contribution is 6.36. The number of non-ortho nitro benzene ring substituents is 1. The van der Waals surface area contributed by atoms with Gasteiger partial charge in [0.05, 0.1) is 27.3 Å². The first-order chi connectivity index (χ1) is 16.7. The summed E-state index contributed by atoms with van der Waals surface area (Å²) in [6, 6.07) is 9.04. The molecule has 3 fully saturated rings. The number of amides is 3. The van der Waals surface area contributed by atoms with Crippen LogP contribution in [0.1, 0.15) is 40.0 Å². The molecule has 3 amide bonds. The van der Waals surface area contributed by atoms with Gasteiger partial charge in [-0.05, 0) is 61.4 Å². The van der Waals surface area contributed by atoms with Crippen LogP contribution in [0.15, 0.2) is 42.5 Å². The van der Waals surface area contributed by atoms with Crippen molar-refractivity contribution in [1.82, 2.24) is 10.0 Å². The number of ketones is 1. The summed E-state index contributed by atoms with van der Waals surface area (Å²) >= 11 is 12.2. The van der Waals surface area contributed by atoms with Crippen molar-refractivity contribution in [3.05, 3.63) is 73.8 Å². The fourth-order valence-corrected chi connectivity index (χ4v) is 6.15. The molecule has 2 aromatic carbocycles. The number of halogens is 2. The van der Waals surface area contributed by atoms with Crippen LogP contribution in [-0.4, -0.2) is 45.0 Å². The molecule has 1 aliphatic heterocycles. The van der Waals surface area contributed by atoms with Crippen molar-refractivity contribution in [2.24, 2.45) is 23.7 Å². The Balaban J connectivity index is 1.50. The molecule has 1 saturated heterocycles. The number of hydrogen-bond acceptors (Lipinski definition) is 6. The number of imide groups is 1. The van der Waals surface area contributed by atoms with Crippen LogP contribution < -0.4 is 0 Å². The molecule has 2 bridgehead atoms. The second kappa shape index (κ2) is 8.73. The van der Waals surface area contributed by atoms with E-state index in [-0.39, 0.29) is 33.7 Å². The van der Waals surface area contributed by atoms with Crippen molar-refractivity contribution in [3.8, 4) is 0 Å². The molecule has 3 aliphatic rings.